The van der Waals surface area contributed by atoms with Crippen molar-refractivity contribution < 1.29 is 14.4 Å². The summed E-state index contributed by atoms with van der Waals surface area (Å²) in [5.74, 6) is 2.91. The van der Waals surface area contributed by atoms with Gasteiger partial charge in [-0.05, 0) is 97.2 Å². The van der Waals surface area contributed by atoms with E-state index < -0.39 is 11.4 Å². The van der Waals surface area contributed by atoms with Gasteiger partial charge in [0.1, 0.15) is 5.76 Å². The summed E-state index contributed by atoms with van der Waals surface area (Å²) >= 11 is 0. The summed E-state index contributed by atoms with van der Waals surface area (Å²) < 4.78 is 5.83. The topological polar surface area (TPSA) is 63.3 Å². The fourth-order valence-electron chi connectivity index (χ4n) is 11.1. The van der Waals surface area contributed by atoms with Crippen LogP contribution in [0.1, 0.15) is 105 Å². The molecule has 5 aliphatic carbocycles. The van der Waals surface area contributed by atoms with Gasteiger partial charge in [0.25, 0.3) is 0 Å². The highest BCUT2D eigenvalue weighted by Crippen LogP contribution is 2.75. The lowest BCUT2D eigenvalue weighted by atomic mass is 9.33. The highest BCUT2D eigenvalue weighted by molar-refractivity contribution is 5.76. The van der Waals surface area contributed by atoms with E-state index in [-0.39, 0.29) is 27.6 Å². The van der Waals surface area contributed by atoms with E-state index in [0.717, 1.165) is 44.3 Å². The molecule has 1 aromatic heterocycles. The second kappa shape index (κ2) is 7.04. The summed E-state index contributed by atoms with van der Waals surface area (Å²) in [6, 6.07) is 0. The Kier molecular flexibility index (Phi) is 4.79. The Morgan fingerprint density at radius 3 is 2.49 bits per heavy atom. The third-order valence-electron chi connectivity index (χ3n) is 13.4. The van der Waals surface area contributed by atoms with Gasteiger partial charge >= 0.3 is 5.97 Å². The molecule has 3 fully saturated rings. The minimum atomic E-state index is -0.564. The number of nitrogens with zero attached hydrogens (tertiary/aromatic N) is 1. The zero-order valence-corrected chi connectivity index (χ0v) is 22.9. The number of rotatable bonds is 1. The van der Waals surface area contributed by atoms with Gasteiger partial charge < -0.3 is 9.63 Å². The van der Waals surface area contributed by atoms with E-state index in [1.54, 1.807) is 0 Å². The average molecular weight is 480 g/mol. The first kappa shape index (κ1) is 23.8. The van der Waals surface area contributed by atoms with E-state index in [1.165, 1.54) is 24.0 Å². The molecule has 3 saturated carbocycles. The molecular weight excluding hydrogens is 434 g/mol. The highest BCUT2D eigenvalue weighted by Gasteiger charge is 2.69. The van der Waals surface area contributed by atoms with Crippen molar-refractivity contribution in [2.24, 2.45) is 51.2 Å². The molecule has 5 aliphatic rings. The van der Waals surface area contributed by atoms with Gasteiger partial charge in [-0.2, -0.15) is 0 Å². The Bertz CT molecular complexity index is 1100. The number of allylic oxidation sites excluding steroid dienone is 2. The van der Waals surface area contributed by atoms with Crippen LogP contribution in [0.2, 0.25) is 0 Å². The predicted octanol–water partition coefficient (Wildman–Crippen LogP) is 7.43. The van der Waals surface area contributed by atoms with Crippen molar-refractivity contribution >= 4 is 5.97 Å². The van der Waals surface area contributed by atoms with Crippen LogP contribution in [0.15, 0.2) is 22.4 Å². The van der Waals surface area contributed by atoms with E-state index >= 15 is 0 Å². The monoisotopic (exact) mass is 479 g/mol. The van der Waals surface area contributed by atoms with Gasteiger partial charge in [-0.25, -0.2) is 0 Å². The maximum absolute atomic E-state index is 12.9. The average Bonchev–Trinajstić information content (AvgIpc) is 3.25. The van der Waals surface area contributed by atoms with Crippen LogP contribution in [-0.4, -0.2) is 16.2 Å². The number of carbonyl (C=O) groups is 1. The fourth-order valence-corrected chi connectivity index (χ4v) is 11.1. The highest BCUT2D eigenvalue weighted by atomic mass is 16.5. The number of carboxylic acids is 1. The number of carboxylic acid groups (broad SMARTS) is 1. The molecule has 0 bridgehead atoms. The van der Waals surface area contributed by atoms with Crippen LogP contribution in [0.3, 0.4) is 0 Å². The minimum absolute atomic E-state index is 0.0105. The second-order valence-electron chi connectivity index (χ2n) is 14.7. The Hall–Kier alpha value is -1.58. The Morgan fingerprint density at radius 2 is 1.77 bits per heavy atom. The first-order chi connectivity index (χ1) is 16.3. The van der Waals surface area contributed by atoms with Crippen molar-refractivity contribution in [3.05, 3.63) is 29.2 Å². The van der Waals surface area contributed by atoms with Crippen LogP contribution < -0.4 is 0 Å². The van der Waals surface area contributed by atoms with E-state index in [9.17, 15) is 9.90 Å². The molecule has 0 amide bonds. The maximum Gasteiger partial charge on any atom is 0.310 e. The summed E-state index contributed by atoms with van der Waals surface area (Å²) in [6.07, 6.45) is 12.8. The first-order valence-corrected chi connectivity index (χ1v) is 14.2. The summed E-state index contributed by atoms with van der Waals surface area (Å²) in [5.41, 5.74) is 2.69. The molecular formula is C31H45NO3. The van der Waals surface area contributed by atoms with Crippen LogP contribution >= 0.6 is 0 Å². The van der Waals surface area contributed by atoms with Crippen LogP contribution in [0.5, 0.6) is 0 Å². The van der Waals surface area contributed by atoms with Crippen LogP contribution in [0.25, 0.3) is 0 Å². The third kappa shape index (κ3) is 2.65. The van der Waals surface area contributed by atoms with Gasteiger partial charge in [0.15, 0.2) is 0 Å². The maximum atomic E-state index is 12.9. The van der Waals surface area contributed by atoms with Gasteiger partial charge in [0.2, 0.25) is 0 Å². The summed E-state index contributed by atoms with van der Waals surface area (Å²) in [5, 5.41) is 14.8. The third-order valence-corrected chi connectivity index (χ3v) is 13.4. The molecule has 0 radical (unpaired) electrons. The molecule has 192 valence electrons. The smallest absolute Gasteiger partial charge is 0.310 e. The molecule has 6 rings (SSSR count). The van der Waals surface area contributed by atoms with Crippen molar-refractivity contribution in [3.63, 3.8) is 0 Å². The molecule has 0 spiro atoms. The zero-order chi connectivity index (χ0) is 25.2. The Balaban J connectivity index is 1.48. The SMILES string of the molecule is C[C@@H]1CCC2(C(=O)O)CC[C@]3(C)C(=CCC4C5(C)Cc6cnoc6C(C)(C)[C@@H]5CC[C@]43C)C2[C@H]1C. The van der Waals surface area contributed by atoms with Gasteiger partial charge in [-0.15, -0.1) is 0 Å². The number of hydrogen-bond donors (Lipinski definition) is 1. The van der Waals surface area contributed by atoms with Crippen molar-refractivity contribution in [3.8, 4) is 0 Å². The van der Waals surface area contributed by atoms with Gasteiger partial charge in [-0.3, -0.25) is 4.79 Å². The van der Waals surface area contributed by atoms with Gasteiger partial charge in [-0.1, -0.05) is 65.3 Å². The molecule has 4 nitrogen and oxygen atoms in total. The lowest BCUT2D eigenvalue weighted by molar-refractivity contribution is -0.179. The molecule has 0 aliphatic heterocycles. The van der Waals surface area contributed by atoms with E-state index in [2.05, 4.69) is 59.7 Å². The molecule has 1 heterocycles. The van der Waals surface area contributed by atoms with Crippen molar-refractivity contribution in [2.45, 2.75) is 105 Å². The standard InChI is InChI=1S/C31H45NO3/c1-18-10-13-31(26(33)34)15-14-29(6)21(24(31)19(18)2)8-9-23-28(5)16-20-17-32-35-25(20)27(3,4)22(28)11-12-30(23,29)7/h8,17-19,22-24H,9-16H2,1-7H3,(H,33,34)/t18-,19+,22+,23?,24?,28?,29-,30-,31?/m1/s1. The number of fused-ring (bicyclic) bond motifs is 8. The van der Waals surface area contributed by atoms with Crippen molar-refractivity contribution in [1.82, 2.24) is 5.16 Å². The Labute approximate surface area is 211 Å². The second-order valence-corrected chi connectivity index (χ2v) is 14.7. The van der Waals surface area contributed by atoms with Crippen LogP contribution in [-0.2, 0) is 16.6 Å². The molecule has 4 unspecified atom stereocenters. The molecule has 35 heavy (non-hydrogen) atoms. The lowest BCUT2D eigenvalue weighted by Crippen LogP contribution is -2.65. The first-order valence-electron chi connectivity index (χ1n) is 14.2. The number of hydrogen-bond acceptors (Lipinski definition) is 3. The molecule has 9 atom stereocenters. The van der Waals surface area contributed by atoms with E-state index in [4.69, 9.17) is 4.52 Å². The summed E-state index contributed by atoms with van der Waals surface area (Å²) in [4.78, 5) is 12.9. The van der Waals surface area contributed by atoms with Crippen LogP contribution in [0, 0.1) is 51.2 Å². The molecule has 0 saturated heterocycles. The summed E-state index contributed by atoms with van der Waals surface area (Å²) in [7, 11) is 0. The minimum Gasteiger partial charge on any atom is -0.481 e. The van der Waals surface area contributed by atoms with Crippen LogP contribution in [0.4, 0.5) is 0 Å². The lowest BCUT2D eigenvalue weighted by Gasteiger charge is -2.70. The fraction of sp³-hybridized carbons (Fsp3) is 0.806. The predicted molar refractivity (Wildman–Crippen MR) is 137 cm³/mol. The van der Waals surface area contributed by atoms with E-state index in [1.807, 2.05) is 6.20 Å². The van der Waals surface area contributed by atoms with Gasteiger partial charge in [0, 0.05) is 11.0 Å². The molecule has 4 heteroatoms. The number of aromatic nitrogens is 1. The normalized spacial score (nSPS) is 50.0. The zero-order valence-electron chi connectivity index (χ0n) is 22.9. The van der Waals surface area contributed by atoms with E-state index in [0.29, 0.717) is 23.7 Å². The largest absolute Gasteiger partial charge is 0.481 e. The van der Waals surface area contributed by atoms with Gasteiger partial charge in [0.05, 0.1) is 11.6 Å². The molecule has 1 aromatic rings. The number of aliphatic carboxylic acids is 1. The molecule has 0 aromatic carbocycles. The molecule has 1 N–H and O–H groups in total. The van der Waals surface area contributed by atoms with Crippen molar-refractivity contribution in [1.29, 1.82) is 0 Å². The summed E-state index contributed by atoms with van der Waals surface area (Å²) in [6.45, 7) is 17.1. The van der Waals surface area contributed by atoms with Crippen molar-refractivity contribution in [2.75, 3.05) is 0 Å². The Morgan fingerprint density at radius 1 is 1.03 bits per heavy atom. The quantitative estimate of drug-likeness (QED) is 0.425.